The number of hydrogen-bond acceptors (Lipinski definition) is 7. The molecule has 1 aliphatic heterocycles. The summed E-state index contributed by atoms with van der Waals surface area (Å²) in [6.45, 7) is 4.87. The number of rotatable bonds is 12. The van der Waals surface area contributed by atoms with Crippen molar-refractivity contribution in [1.29, 1.82) is 0 Å². The zero-order valence-corrected chi connectivity index (χ0v) is 25.4. The minimum Gasteiger partial charge on any atom is -0.491 e. The zero-order valence-electron chi connectivity index (χ0n) is 23.1. The Balaban J connectivity index is 1.53. The predicted molar refractivity (Wildman–Crippen MR) is 167 cm³/mol. The predicted octanol–water partition coefficient (Wildman–Crippen LogP) is 6.15. The summed E-state index contributed by atoms with van der Waals surface area (Å²) in [7, 11) is -2.96. The van der Waals surface area contributed by atoms with Crippen molar-refractivity contribution in [3.8, 4) is 5.75 Å². The Kier molecular flexibility index (Phi) is 10.8. The number of hydrogen-bond donors (Lipinski definition) is 5. The molecule has 0 bridgehead atoms. The molecule has 0 unspecified atom stereocenters. The van der Waals surface area contributed by atoms with E-state index in [1.165, 1.54) is 0 Å². The largest absolute Gasteiger partial charge is 0.491 e. The number of benzene rings is 3. The first-order valence-corrected chi connectivity index (χ1v) is 16.0. The minimum absolute atomic E-state index is 0.145. The fourth-order valence-corrected chi connectivity index (χ4v) is 6.95. The van der Waals surface area contributed by atoms with Crippen LogP contribution < -0.4 is 19.7 Å². The number of aliphatic hydroxyl groups excluding tert-OH is 1. The SMILES string of the molecule is CC(C)Oc1cc(C(=O)N[C@@H](Cc2ccccc2)[C@@H](O)CNCc2cc(Cl)cc(Cl)c2)cc(N2CCCS2(O)O)c1. The molecule has 1 aliphatic rings. The normalized spacial score (nSPS) is 16.8. The third-order valence-corrected chi connectivity index (χ3v) is 9.00. The molecule has 5 N–H and O–H groups in total. The highest BCUT2D eigenvalue weighted by molar-refractivity contribution is 8.25. The van der Waals surface area contributed by atoms with Crippen LogP contribution in [0, 0.1) is 0 Å². The van der Waals surface area contributed by atoms with Crippen LogP contribution in [0.1, 0.15) is 41.8 Å². The summed E-state index contributed by atoms with van der Waals surface area (Å²) in [6, 6.07) is 19.3. The Hall–Kier alpha value is -2.50. The molecule has 1 heterocycles. The first-order chi connectivity index (χ1) is 19.5. The second-order valence-electron chi connectivity index (χ2n) is 10.4. The van der Waals surface area contributed by atoms with E-state index in [0.29, 0.717) is 53.0 Å². The molecule has 0 aliphatic carbocycles. The minimum atomic E-state index is -2.96. The number of halogens is 2. The summed E-state index contributed by atoms with van der Waals surface area (Å²) in [5, 5.41) is 18.5. The van der Waals surface area contributed by atoms with Gasteiger partial charge >= 0.3 is 0 Å². The Morgan fingerprint density at radius 1 is 1.02 bits per heavy atom. The van der Waals surface area contributed by atoms with E-state index in [1.807, 2.05) is 44.2 Å². The number of ether oxygens (including phenoxy) is 1. The van der Waals surface area contributed by atoms with Gasteiger partial charge in [0.1, 0.15) is 5.75 Å². The summed E-state index contributed by atoms with van der Waals surface area (Å²) in [5.41, 5.74) is 2.64. The maximum atomic E-state index is 13.6. The van der Waals surface area contributed by atoms with E-state index in [1.54, 1.807) is 40.7 Å². The third-order valence-electron chi connectivity index (χ3n) is 6.63. The van der Waals surface area contributed by atoms with Gasteiger partial charge in [-0.15, -0.1) is 10.8 Å². The van der Waals surface area contributed by atoms with Gasteiger partial charge in [-0.2, -0.15) is 0 Å². The molecule has 1 amide bonds. The van der Waals surface area contributed by atoms with Gasteiger partial charge in [0.15, 0.2) is 0 Å². The molecule has 0 spiro atoms. The molecule has 4 rings (SSSR count). The van der Waals surface area contributed by atoms with Gasteiger partial charge < -0.3 is 20.5 Å². The highest BCUT2D eigenvalue weighted by atomic mass is 35.5. The van der Waals surface area contributed by atoms with Crippen molar-refractivity contribution in [2.75, 3.05) is 23.1 Å². The van der Waals surface area contributed by atoms with Crippen molar-refractivity contribution >= 4 is 45.6 Å². The first kappa shape index (κ1) is 31.4. The maximum Gasteiger partial charge on any atom is 0.251 e. The van der Waals surface area contributed by atoms with Gasteiger partial charge in [0.2, 0.25) is 0 Å². The highest BCUT2D eigenvalue weighted by Crippen LogP contribution is 2.51. The van der Waals surface area contributed by atoms with Crippen LogP contribution in [0.3, 0.4) is 0 Å². The number of anilines is 1. The van der Waals surface area contributed by atoms with Crippen LogP contribution in [0.15, 0.2) is 66.7 Å². The van der Waals surface area contributed by atoms with E-state index < -0.39 is 28.8 Å². The molecule has 0 radical (unpaired) electrons. The van der Waals surface area contributed by atoms with Gasteiger partial charge in [-0.1, -0.05) is 53.5 Å². The summed E-state index contributed by atoms with van der Waals surface area (Å²) < 4.78 is 28.5. The van der Waals surface area contributed by atoms with Crippen LogP contribution in [0.25, 0.3) is 0 Å². The lowest BCUT2D eigenvalue weighted by Gasteiger charge is -2.38. The number of amides is 1. The second-order valence-corrected chi connectivity index (χ2v) is 13.4. The van der Waals surface area contributed by atoms with Gasteiger partial charge in [0, 0.05) is 41.3 Å². The van der Waals surface area contributed by atoms with Crippen LogP contribution in [0.4, 0.5) is 5.69 Å². The van der Waals surface area contributed by atoms with Crippen molar-refractivity contribution in [3.63, 3.8) is 0 Å². The van der Waals surface area contributed by atoms with Crippen LogP contribution >= 0.6 is 34.0 Å². The Labute approximate surface area is 253 Å². The Bertz CT molecular complexity index is 1310. The number of nitrogens with one attached hydrogen (secondary N) is 2. The van der Waals surface area contributed by atoms with E-state index in [9.17, 15) is 19.0 Å². The lowest BCUT2D eigenvalue weighted by molar-refractivity contribution is 0.0829. The average Bonchev–Trinajstić information content (AvgIpc) is 3.26. The van der Waals surface area contributed by atoms with Crippen molar-refractivity contribution in [2.24, 2.45) is 0 Å². The molecule has 11 heteroatoms. The molecule has 3 aromatic rings. The monoisotopic (exact) mass is 621 g/mol. The summed E-state index contributed by atoms with van der Waals surface area (Å²) >= 11 is 12.2. The van der Waals surface area contributed by atoms with Crippen LogP contribution in [-0.2, 0) is 13.0 Å². The average molecular weight is 623 g/mol. The van der Waals surface area contributed by atoms with Crippen molar-refractivity contribution in [3.05, 3.63) is 93.5 Å². The topological polar surface area (TPSA) is 114 Å². The molecule has 8 nitrogen and oxygen atoms in total. The smallest absolute Gasteiger partial charge is 0.251 e. The molecule has 1 fully saturated rings. The quantitative estimate of drug-likeness (QED) is 0.165. The van der Waals surface area contributed by atoms with Gasteiger partial charge in [-0.25, -0.2) is 0 Å². The fourth-order valence-electron chi connectivity index (χ4n) is 4.78. The zero-order chi connectivity index (χ0) is 29.6. The van der Waals surface area contributed by atoms with Crippen molar-refractivity contribution < 1.29 is 23.7 Å². The van der Waals surface area contributed by atoms with Crippen LogP contribution in [-0.4, -0.2) is 57.2 Å². The Morgan fingerprint density at radius 2 is 1.73 bits per heavy atom. The standard InChI is InChI=1S/C30H37Cl2N3O5S/c1-20(2)40-27-15-23(14-26(17-27)35-9-6-10-41(35,38)39)30(37)34-28(13-21-7-4-3-5-8-21)29(36)19-33-18-22-11-24(31)16-25(32)12-22/h3-5,7-8,11-12,14-17,20,28-29,33,36,38-39H,6,9-10,13,18-19H2,1-2H3,(H,34,37)/t28-,29-/m0/s1. The molecule has 3 aromatic carbocycles. The molecule has 1 saturated heterocycles. The number of carbonyl (C=O) groups is 1. The highest BCUT2D eigenvalue weighted by Gasteiger charge is 2.30. The maximum absolute atomic E-state index is 13.6. The molecule has 0 saturated carbocycles. The first-order valence-electron chi connectivity index (χ1n) is 13.5. The number of aliphatic hydroxyl groups is 1. The molecule has 222 valence electrons. The lowest BCUT2D eigenvalue weighted by atomic mass is 10.00. The summed E-state index contributed by atoms with van der Waals surface area (Å²) in [4.78, 5) is 13.6. The van der Waals surface area contributed by atoms with Gasteiger partial charge in [-0.3, -0.25) is 18.2 Å². The molecule has 2 atom stereocenters. The fraction of sp³-hybridized carbons (Fsp3) is 0.367. The van der Waals surface area contributed by atoms with Crippen LogP contribution in [0.2, 0.25) is 10.0 Å². The van der Waals surface area contributed by atoms with E-state index in [0.717, 1.165) is 11.1 Å². The van der Waals surface area contributed by atoms with Gasteiger partial charge in [0.05, 0.1) is 29.7 Å². The van der Waals surface area contributed by atoms with E-state index >= 15 is 0 Å². The lowest BCUT2D eigenvalue weighted by Crippen LogP contribution is -2.48. The Morgan fingerprint density at radius 3 is 2.37 bits per heavy atom. The second kappa shape index (κ2) is 14.1. The number of carbonyl (C=O) groups excluding carboxylic acids is 1. The van der Waals surface area contributed by atoms with E-state index in [2.05, 4.69) is 10.6 Å². The molecule has 0 aromatic heterocycles. The summed E-state index contributed by atoms with van der Waals surface area (Å²) in [6.07, 6.45) is -0.0268. The number of nitrogens with zero attached hydrogens (tertiary/aromatic N) is 1. The van der Waals surface area contributed by atoms with Gasteiger partial charge in [-0.05, 0) is 68.1 Å². The third kappa shape index (κ3) is 8.99. The molecule has 41 heavy (non-hydrogen) atoms. The van der Waals surface area contributed by atoms with Gasteiger partial charge in [0.25, 0.3) is 5.91 Å². The molecular formula is C30H37Cl2N3O5S. The summed E-state index contributed by atoms with van der Waals surface area (Å²) in [5.74, 6) is 0.327. The molecular weight excluding hydrogens is 585 g/mol. The van der Waals surface area contributed by atoms with E-state index in [-0.39, 0.29) is 18.4 Å². The van der Waals surface area contributed by atoms with Crippen molar-refractivity contribution in [1.82, 2.24) is 10.6 Å². The van der Waals surface area contributed by atoms with E-state index in [4.69, 9.17) is 27.9 Å². The van der Waals surface area contributed by atoms with Crippen molar-refractivity contribution in [2.45, 2.75) is 51.5 Å². The van der Waals surface area contributed by atoms with Crippen LogP contribution in [0.5, 0.6) is 5.75 Å².